The molecule has 7 nitrogen and oxygen atoms in total. The lowest BCUT2D eigenvalue weighted by Gasteiger charge is -2.31. The van der Waals surface area contributed by atoms with E-state index in [9.17, 15) is 0 Å². The Morgan fingerprint density at radius 2 is 1.87 bits per heavy atom. The molecule has 2 aromatic carbocycles. The monoisotopic (exact) mass is 544 g/mol. The van der Waals surface area contributed by atoms with E-state index in [-0.39, 0.29) is 6.10 Å². The van der Waals surface area contributed by atoms with Crippen LogP contribution in [0, 0.1) is 6.92 Å². The zero-order valence-electron chi connectivity index (χ0n) is 23.8. The molecule has 1 saturated heterocycles. The number of thioether (sulfide) groups is 1. The van der Waals surface area contributed by atoms with Gasteiger partial charge in [-0.15, -0.1) is 11.8 Å². The Morgan fingerprint density at radius 1 is 1.05 bits per heavy atom. The van der Waals surface area contributed by atoms with Gasteiger partial charge in [0.05, 0.1) is 22.9 Å². The van der Waals surface area contributed by atoms with Crippen molar-refractivity contribution in [1.82, 2.24) is 19.9 Å². The molecule has 0 spiro atoms. The Kier molecular flexibility index (Phi) is 8.33. The van der Waals surface area contributed by atoms with Gasteiger partial charge in [0.1, 0.15) is 17.2 Å². The van der Waals surface area contributed by atoms with Crippen LogP contribution in [0.2, 0.25) is 0 Å². The Hall–Kier alpha value is -3.23. The van der Waals surface area contributed by atoms with E-state index in [1.165, 1.54) is 35.4 Å². The van der Waals surface area contributed by atoms with Gasteiger partial charge in [-0.05, 0) is 94.6 Å². The molecular formula is C31H40N6OS. The predicted molar refractivity (Wildman–Crippen MR) is 164 cm³/mol. The lowest BCUT2D eigenvalue weighted by molar-refractivity contribution is 0.239. The Bertz CT molecular complexity index is 1430. The highest BCUT2D eigenvalue weighted by molar-refractivity contribution is 8.00. The van der Waals surface area contributed by atoms with Crippen molar-refractivity contribution in [2.24, 2.45) is 0 Å². The van der Waals surface area contributed by atoms with Gasteiger partial charge < -0.3 is 25.3 Å². The molecule has 0 bridgehead atoms. The average Bonchev–Trinajstić information content (AvgIpc) is 3.35. The number of benzene rings is 2. The number of aryl methyl sites for hydroxylation is 1. The van der Waals surface area contributed by atoms with Crippen LogP contribution in [0.3, 0.4) is 0 Å². The number of nitrogens with one attached hydrogen (secondary N) is 3. The highest BCUT2D eigenvalue weighted by atomic mass is 32.2. The van der Waals surface area contributed by atoms with E-state index in [4.69, 9.17) is 14.7 Å². The molecule has 3 N–H and O–H groups in total. The first-order valence-corrected chi connectivity index (χ1v) is 14.8. The molecule has 0 saturated carbocycles. The molecule has 206 valence electrons. The highest BCUT2D eigenvalue weighted by Crippen LogP contribution is 2.38. The number of anilines is 4. The number of piperidine rings is 1. The van der Waals surface area contributed by atoms with E-state index in [0.29, 0.717) is 17.1 Å². The van der Waals surface area contributed by atoms with Gasteiger partial charge in [-0.3, -0.25) is 0 Å². The third-order valence-electron chi connectivity index (χ3n) is 6.96. The second-order valence-electron chi connectivity index (χ2n) is 11.0. The summed E-state index contributed by atoms with van der Waals surface area (Å²) in [4.78, 5) is 16.6. The number of aromatic nitrogens is 3. The number of aromatic amines is 1. The summed E-state index contributed by atoms with van der Waals surface area (Å²) in [5.74, 6) is 2.62. The summed E-state index contributed by atoms with van der Waals surface area (Å²) in [6, 6.07) is 14.8. The van der Waals surface area contributed by atoms with Crippen LogP contribution in [0.4, 0.5) is 23.1 Å². The zero-order valence-corrected chi connectivity index (χ0v) is 24.7. The van der Waals surface area contributed by atoms with Gasteiger partial charge in [-0.25, -0.2) is 0 Å². The number of para-hydroxylation sites is 1. The van der Waals surface area contributed by atoms with Crippen LogP contribution in [0.5, 0.6) is 5.75 Å². The van der Waals surface area contributed by atoms with Crippen LogP contribution in [0.1, 0.15) is 57.6 Å². The molecule has 39 heavy (non-hydrogen) atoms. The predicted octanol–water partition coefficient (Wildman–Crippen LogP) is 7.85. The number of likely N-dealkylation sites (tertiary alicyclic amines) is 1. The van der Waals surface area contributed by atoms with Crippen LogP contribution in [0.25, 0.3) is 11.0 Å². The fourth-order valence-corrected chi connectivity index (χ4v) is 6.19. The molecule has 0 amide bonds. The Labute approximate surface area is 236 Å². The van der Waals surface area contributed by atoms with Crippen LogP contribution < -0.4 is 15.4 Å². The third kappa shape index (κ3) is 6.50. The molecule has 0 radical (unpaired) electrons. The first-order valence-electron chi connectivity index (χ1n) is 13.9. The van der Waals surface area contributed by atoms with Crippen molar-refractivity contribution in [2.45, 2.75) is 69.6 Å². The molecular weight excluding hydrogens is 504 g/mol. The fraction of sp³-hybridized carbons (Fsp3) is 0.419. The van der Waals surface area contributed by atoms with E-state index in [1.54, 1.807) is 0 Å². The van der Waals surface area contributed by atoms with Gasteiger partial charge in [0.25, 0.3) is 0 Å². The molecule has 5 rings (SSSR count). The van der Waals surface area contributed by atoms with Crippen LogP contribution in [0.15, 0.2) is 53.6 Å². The van der Waals surface area contributed by atoms with Crippen molar-refractivity contribution in [1.29, 1.82) is 0 Å². The maximum Gasteiger partial charge on any atom is 0.231 e. The fourth-order valence-electron chi connectivity index (χ4n) is 5.28. The number of hydrogen-bond acceptors (Lipinski definition) is 7. The van der Waals surface area contributed by atoms with E-state index in [2.05, 4.69) is 92.5 Å². The number of likely N-dealkylation sites (N-methyl/N-ethyl adjacent to an activating group) is 1. The molecule has 2 aromatic heterocycles. The average molecular weight is 545 g/mol. The summed E-state index contributed by atoms with van der Waals surface area (Å²) >= 11 is 1.83. The van der Waals surface area contributed by atoms with Gasteiger partial charge in [-0.1, -0.05) is 26.0 Å². The van der Waals surface area contributed by atoms with E-state index >= 15 is 0 Å². The molecule has 1 fully saturated rings. The normalized spacial score (nSPS) is 16.3. The van der Waals surface area contributed by atoms with Gasteiger partial charge in [0.15, 0.2) is 0 Å². The number of fused-ring (bicyclic) bond motifs is 1. The maximum absolute atomic E-state index is 6.32. The van der Waals surface area contributed by atoms with Crippen molar-refractivity contribution in [3.8, 4) is 5.75 Å². The van der Waals surface area contributed by atoms with Crippen LogP contribution in [-0.2, 0) is 0 Å². The smallest absolute Gasteiger partial charge is 0.231 e. The van der Waals surface area contributed by atoms with Crippen molar-refractivity contribution in [3.05, 3.63) is 59.8 Å². The molecule has 1 unspecified atom stereocenters. The summed E-state index contributed by atoms with van der Waals surface area (Å²) in [5, 5.41) is 8.49. The number of rotatable bonds is 9. The molecule has 3 heterocycles. The minimum atomic E-state index is 0.0501. The van der Waals surface area contributed by atoms with Gasteiger partial charge in [-0.2, -0.15) is 9.97 Å². The summed E-state index contributed by atoms with van der Waals surface area (Å²) < 4.78 is 6.32. The molecule has 8 heteroatoms. The van der Waals surface area contributed by atoms with E-state index in [0.717, 1.165) is 40.5 Å². The van der Waals surface area contributed by atoms with Crippen molar-refractivity contribution >= 4 is 45.9 Å². The summed E-state index contributed by atoms with van der Waals surface area (Å²) in [6.07, 6.45) is 4.38. The molecule has 1 aliphatic rings. The zero-order chi connectivity index (χ0) is 27.5. The third-order valence-corrected chi connectivity index (χ3v) is 8.04. The minimum absolute atomic E-state index is 0.0501. The minimum Gasteiger partial charge on any atom is -0.489 e. The molecule has 4 aromatic rings. The number of ether oxygens (including phenoxy) is 1. The van der Waals surface area contributed by atoms with E-state index in [1.807, 2.05) is 30.1 Å². The maximum atomic E-state index is 6.32. The van der Waals surface area contributed by atoms with Crippen molar-refractivity contribution < 1.29 is 4.74 Å². The van der Waals surface area contributed by atoms with E-state index < -0.39 is 0 Å². The summed E-state index contributed by atoms with van der Waals surface area (Å²) in [6.45, 7) is 13.0. The summed E-state index contributed by atoms with van der Waals surface area (Å²) in [7, 11) is 2.21. The molecule has 0 aliphatic carbocycles. The summed E-state index contributed by atoms with van der Waals surface area (Å²) in [5.41, 5.74) is 5.30. The van der Waals surface area contributed by atoms with Crippen LogP contribution >= 0.6 is 11.8 Å². The number of H-pyrrole nitrogens is 1. The Morgan fingerprint density at radius 3 is 2.64 bits per heavy atom. The topological polar surface area (TPSA) is 78.1 Å². The lowest BCUT2D eigenvalue weighted by atomic mass is 9.87. The van der Waals surface area contributed by atoms with Gasteiger partial charge >= 0.3 is 0 Å². The first-order chi connectivity index (χ1) is 18.8. The first kappa shape index (κ1) is 27.3. The Balaban J connectivity index is 1.49. The second-order valence-corrected chi connectivity index (χ2v) is 12.6. The number of nitrogens with zero attached hydrogens (tertiary/aromatic N) is 3. The second kappa shape index (κ2) is 11.9. The van der Waals surface area contributed by atoms with Crippen LogP contribution in [-0.4, -0.2) is 51.3 Å². The van der Waals surface area contributed by atoms with Gasteiger partial charge in [0, 0.05) is 22.9 Å². The van der Waals surface area contributed by atoms with Crippen molar-refractivity contribution in [3.63, 3.8) is 0 Å². The molecule has 1 atom stereocenters. The van der Waals surface area contributed by atoms with Crippen molar-refractivity contribution in [2.75, 3.05) is 30.8 Å². The highest BCUT2D eigenvalue weighted by Gasteiger charge is 2.23. The number of hydrogen-bond donors (Lipinski definition) is 3. The molecule has 1 aliphatic heterocycles. The quantitative estimate of drug-likeness (QED) is 0.185. The lowest BCUT2D eigenvalue weighted by Crippen LogP contribution is -2.31. The standard InChI is InChI=1S/C31H40N6OS/c1-19(2)38-27-17-24(22-10-9-15-37(6)18-22)21(5)16-26(27)34-31-35-29-23(13-14-32-29)30(36-31)33-25-11-7-8-12-28(25)39-20(3)4/h7-8,11-14,16-17,19-20,22H,9-10,15,18H2,1-6H3,(H3,32,33,34,35,36). The SMILES string of the molecule is Cc1cc(Nc2nc(Nc3ccccc3SC(C)C)c3cc[nH]c3n2)c(OC(C)C)cc1C1CCCN(C)C1. The largest absolute Gasteiger partial charge is 0.489 e. The van der Waals surface area contributed by atoms with Gasteiger partial charge in [0.2, 0.25) is 5.95 Å².